The smallest absolute Gasteiger partial charge is 0.169 e. The van der Waals surface area contributed by atoms with E-state index in [0.717, 1.165) is 0 Å². The van der Waals surface area contributed by atoms with Crippen LogP contribution in [0.2, 0.25) is 0 Å². The number of rotatable bonds is 3. The van der Waals surface area contributed by atoms with Gasteiger partial charge in [-0.05, 0) is 23.4 Å². The number of nitrogens with zero attached hydrogens (tertiary/aromatic N) is 4. The Morgan fingerprint density at radius 3 is 2.88 bits per heavy atom. The van der Waals surface area contributed by atoms with E-state index in [2.05, 4.69) is 15.5 Å². The van der Waals surface area contributed by atoms with Gasteiger partial charge in [0.15, 0.2) is 5.82 Å². The monoisotopic (exact) mass is 240 g/mol. The van der Waals surface area contributed by atoms with E-state index in [0.29, 0.717) is 11.4 Å². The summed E-state index contributed by atoms with van der Waals surface area (Å²) in [7, 11) is 0. The van der Waals surface area contributed by atoms with Crippen molar-refractivity contribution in [3.8, 4) is 0 Å². The van der Waals surface area contributed by atoms with Crippen molar-refractivity contribution in [2.24, 2.45) is 0 Å². The molecule has 0 amide bonds. The molecule has 16 heavy (non-hydrogen) atoms. The van der Waals surface area contributed by atoms with Gasteiger partial charge in [0.1, 0.15) is 5.82 Å². The van der Waals surface area contributed by atoms with Gasteiger partial charge >= 0.3 is 0 Å². The highest BCUT2D eigenvalue weighted by molar-refractivity contribution is 6.20. The number of alkyl halides is 1. The van der Waals surface area contributed by atoms with Gasteiger partial charge in [0.2, 0.25) is 0 Å². The number of hydrogen-bond donors (Lipinski definition) is 0. The second kappa shape index (κ2) is 4.57. The molecule has 0 spiro atoms. The molecule has 1 atom stereocenters. The lowest BCUT2D eigenvalue weighted by molar-refractivity contribution is 0.565. The summed E-state index contributed by atoms with van der Waals surface area (Å²) in [5.74, 6) is 0.260. The van der Waals surface area contributed by atoms with E-state index in [1.807, 2.05) is 0 Å². The molecule has 0 fully saturated rings. The average molecular weight is 241 g/mol. The van der Waals surface area contributed by atoms with Crippen molar-refractivity contribution in [2.45, 2.75) is 18.8 Å². The molecule has 0 aliphatic heterocycles. The highest BCUT2D eigenvalue weighted by Crippen LogP contribution is 2.17. The van der Waals surface area contributed by atoms with Crippen molar-refractivity contribution in [3.63, 3.8) is 0 Å². The minimum Gasteiger partial charge on any atom is -0.224 e. The van der Waals surface area contributed by atoms with Crippen LogP contribution in [0.25, 0.3) is 0 Å². The Kier molecular flexibility index (Phi) is 3.14. The Labute approximate surface area is 97.0 Å². The van der Waals surface area contributed by atoms with Crippen molar-refractivity contribution in [3.05, 3.63) is 41.5 Å². The van der Waals surface area contributed by atoms with Crippen LogP contribution < -0.4 is 0 Å². The molecule has 84 valence electrons. The SMILES string of the molecule is CC(Cl)c1nnnn1Cc1ccccc1F. The first kappa shape index (κ1) is 11.0. The molecule has 1 aromatic heterocycles. The van der Waals surface area contributed by atoms with Gasteiger partial charge in [0.05, 0.1) is 11.9 Å². The van der Waals surface area contributed by atoms with E-state index in [-0.39, 0.29) is 17.7 Å². The molecule has 0 aliphatic carbocycles. The van der Waals surface area contributed by atoms with Crippen LogP contribution in [0.3, 0.4) is 0 Å². The second-order valence-electron chi connectivity index (χ2n) is 3.40. The molecule has 2 aromatic rings. The quantitative estimate of drug-likeness (QED) is 0.773. The lowest BCUT2D eigenvalue weighted by atomic mass is 10.2. The van der Waals surface area contributed by atoms with Gasteiger partial charge < -0.3 is 0 Å². The highest BCUT2D eigenvalue weighted by atomic mass is 35.5. The van der Waals surface area contributed by atoms with Crippen LogP contribution in [-0.4, -0.2) is 20.2 Å². The van der Waals surface area contributed by atoms with Crippen molar-refractivity contribution in [1.29, 1.82) is 0 Å². The van der Waals surface area contributed by atoms with Crippen LogP contribution in [-0.2, 0) is 6.54 Å². The van der Waals surface area contributed by atoms with Crippen molar-refractivity contribution in [1.82, 2.24) is 20.2 Å². The van der Waals surface area contributed by atoms with Gasteiger partial charge in [-0.15, -0.1) is 16.7 Å². The summed E-state index contributed by atoms with van der Waals surface area (Å²) >= 11 is 5.90. The number of tetrazole rings is 1. The van der Waals surface area contributed by atoms with E-state index in [9.17, 15) is 4.39 Å². The van der Waals surface area contributed by atoms with Gasteiger partial charge in [0, 0.05) is 5.56 Å². The lowest BCUT2D eigenvalue weighted by Crippen LogP contribution is -2.08. The number of hydrogen-bond acceptors (Lipinski definition) is 3. The molecule has 4 nitrogen and oxygen atoms in total. The summed E-state index contributed by atoms with van der Waals surface area (Å²) in [5, 5.41) is 10.8. The molecule has 0 saturated carbocycles. The normalized spacial score (nSPS) is 12.7. The number of benzene rings is 1. The van der Waals surface area contributed by atoms with Crippen molar-refractivity contribution in [2.75, 3.05) is 0 Å². The van der Waals surface area contributed by atoms with E-state index in [4.69, 9.17) is 11.6 Å². The molecular formula is C10H10ClFN4. The summed E-state index contributed by atoms with van der Waals surface area (Å²) in [4.78, 5) is 0. The van der Waals surface area contributed by atoms with Crippen LogP contribution >= 0.6 is 11.6 Å². The molecule has 0 radical (unpaired) electrons. The van der Waals surface area contributed by atoms with Crippen LogP contribution in [0, 0.1) is 5.82 Å². The van der Waals surface area contributed by atoms with Crippen LogP contribution in [0.1, 0.15) is 23.7 Å². The first-order chi connectivity index (χ1) is 7.68. The maximum Gasteiger partial charge on any atom is 0.169 e. The van der Waals surface area contributed by atoms with E-state index < -0.39 is 0 Å². The van der Waals surface area contributed by atoms with E-state index in [1.165, 1.54) is 10.7 Å². The molecule has 1 heterocycles. The molecule has 1 aromatic carbocycles. The minimum absolute atomic E-state index is 0.272. The fraction of sp³-hybridized carbons (Fsp3) is 0.300. The topological polar surface area (TPSA) is 43.6 Å². The zero-order chi connectivity index (χ0) is 11.5. The van der Waals surface area contributed by atoms with E-state index >= 15 is 0 Å². The Morgan fingerprint density at radius 2 is 2.19 bits per heavy atom. The maximum absolute atomic E-state index is 13.4. The molecule has 2 rings (SSSR count). The molecule has 0 saturated heterocycles. The highest BCUT2D eigenvalue weighted by Gasteiger charge is 2.13. The third-order valence-corrected chi connectivity index (χ3v) is 2.39. The Hall–Kier alpha value is -1.49. The lowest BCUT2D eigenvalue weighted by Gasteiger charge is -2.06. The fourth-order valence-electron chi connectivity index (χ4n) is 1.40. The van der Waals surface area contributed by atoms with Crippen LogP contribution in [0.4, 0.5) is 4.39 Å². The maximum atomic E-state index is 13.4. The fourth-order valence-corrected chi connectivity index (χ4v) is 1.55. The van der Waals surface area contributed by atoms with Gasteiger partial charge in [-0.25, -0.2) is 9.07 Å². The second-order valence-corrected chi connectivity index (χ2v) is 4.06. The van der Waals surface area contributed by atoms with Gasteiger partial charge in [-0.3, -0.25) is 0 Å². The summed E-state index contributed by atoms with van der Waals surface area (Å²) < 4.78 is 14.9. The van der Waals surface area contributed by atoms with Crippen LogP contribution in [0.15, 0.2) is 24.3 Å². The zero-order valence-corrected chi connectivity index (χ0v) is 9.39. The summed E-state index contributed by atoms with van der Waals surface area (Å²) in [6.45, 7) is 2.05. The first-order valence-corrected chi connectivity index (χ1v) is 5.25. The largest absolute Gasteiger partial charge is 0.224 e. The average Bonchev–Trinajstić information content (AvgIpc) is 2.69. The van der Waals surface area contributed by atoms with Gasteiger partial charge in [0.25, 0.3) is 0 Å². The Balaban J connectivity index is 2.27. The zero-order valence-electron chi connectivity index (χ0n) is 8.64. The standard InChI is InChI=1S/C10H10ClFN4/c1-7(11)10-13-14-15-16(10)6-8-4-2-3-5-9(8)12/h2-5,7H,6H2,1H3. The number of halogens is 2. The van der Waals surface area contributed by atoms with Crippen molar-refractivity contribution >= 4 is 11.6 Å². The molecule has 6 heteroatoms. The van der Waals surface area contributed by atoms with Crippen LogP contribution in [0.5, 0.6) is 0 Å². The molecule has 0 bridgehead atoms. The molecular weight excluding hydrogens is 231 g/mol. The third-order valence-electron chi connectivity index (χ3n) is 2.19. The first-order valence-electron chi connectivity index (χ1n) is 4.82. The Morgan fingerprint density at radius 1 is 1.44 bits per heavy atom. The predicted molar refractivity (Wildman–Crippen MR) is 57.6 cm³/mol. The summed E-state index contributed by atoms with van der Waals surface area (Å²) in [5.41, 5.74) is 0.536. The number of aromatic nitrogens is 4. The summed E-state index contributed by atoms with van der Waals surface area (Å²) in [6.07, 6.45) is 0. The predicted octanol–water partition coefficient (Wildman–Crippen LogP) is 2.16. The van der Waals surface area contributed by atoms with Crippen molar-refractivity contribution < 1.29 is 4.39 Å². The summed E-state index contributed by atoms with van der Waals surface area (Å²) in [6, 6.07) is 6.51. The van der Waals surface area contributed by atoms with Gasteiger partial charge in [-0.2, -0.15) is 0 Å². The molecule has 1 unspecified atom stereocenters. The molecule has 0 N–H and O–H groups in total. The van der Waals surface area contributed by atoms with Gasteiger partial charge in [-0.1, -0.05) is 18.2 Å². The third kappa shape index (κ3) is 2.19. The molecule has 0 aliphatic rings. The minimum atomic E-state index is -0.304. The van der Waals surface area contributed by atoms with E-state index in [1.54, 1.807) is 25.1 Å². The Bertz CT molecular complexity index is 483.